The van der Waals surface area contributed by atoms with E-state index in [-0.39, 0.29) is 18.3 Å². The molecule has 0 atom stereocenters. The molecule has 3 nitrogen and oxygen atoms in total. The van der Waals surface area contributed by atoms with Gasteiger partial charge in [0.05, 0.1) is 0 Å². The molecule has 0 unspecified atom stereocenters. The molecule has 2 aliphatic rings. The molecule has 0 radical (unpaired) electrons. The van der Waals surface area contributed by atoms with Crippen molar-refractivity contribution in [2.45, 2.75) is 39.0 Å². The van der Waals surface area contributed by atoms with Crippen molar-refractivity contribution in [3.63, 3.8) is 0 Å². The SMILES string of the molecule is CCC1(CNC(=O)c2ccc3c(c2)CCN3)CCC1.Cl. The van der Waals surface area contributed by atoms with Crippen LogP contribution in [0.15, 0.2) is 18.2 Å². The molecule has 1 aromatic carbocycles. The van der Waals surface area contributed by atoms with E-state index in [1.165, 1.54) is 36.9 Å². The molecule has 2 N–H and O–H groups in total. The van der Waals surface area contributed by atoms with E-state index in [0.29, 0.717) is 5.41 Å². The molecule has 0 aromatic heterocycles. The molecular formula is C16H23ClN2O. The van der Waals surface area contributed by atoms with E-state index in [9.17, 15) is 4.79 Å². The fraction of sp³-hybridized carbons (Fsp3) is 0.562. The van der Waals surface area contributed by atoms with Gasteiger partial charge in [0.25, 0.3) is 5.91 Å². The van der Waals surface area contributed by atoms with Crippen molar-refractivity contribution in [3.05, 3.63) is 29.3 Å². The lowest BCUT2D eigenvalue weighted by atomic mass is 9.67. The number of hydrogen-bond donors (Lipinski definition) is 2. The molecule has 0 saturated heterocycles. The summed E-state index contributed by atoms with van der Waals surface area (Å²) in [5.41, 5.74) is 3.63. The second-order valence-electron chi connectivity index (χ2n) is 5.94. The molecule has 1 fully saturated rings. The lowest BCUT2D eigenvalue weighted by molar-refractivity contribution is 0.0850. The third kappa shape index (κ3) is 2.78. The van der Waals surface area contributed by atoms with Gasteiger partial charge in [-0.3, -0.25) is 4.79 Å². The lowest BCUT2D eigenvalue weighted by Gasteiger charge is -2.41. The quantitative estimate of drug-likeness (QED) is 0.894. The highest BCUT2D eigenvalue weighted by molar-refractivity contribution is 5.95. The summed E-state index contributed by atoms with van der Waals surface area (Å²) in [6, 6.07) is 5.98. The van der Waals surface area contributed by atoms with Crippen LogP contribution in [-0.4, -0.2) is 19.0 Å². The number of hydrogen-bond acceptors (Lipinski definition) is 2. The van der Waals surface area contributed by atoms with Crippen LogP contribution in [0.1, 0.15) is 48.5 Å². The summed E-state index contributed by atoms with van der Waals surface area (Å²) in [6.45, 7) is 4.05. The number of amides is 1. The molecule has 0 bridgehead atoms. The summed E-state index contributed by atoms with van der Waals surface area (Å²) in [4.78, 5) is 12.2. The summed E-state index contributed by atoms with van der Waals surface area (Å²) in [6.07, 6.45) is 6.03. The summed E-state index contributed by atoms with van der Waals surface area (Å²) >= 11 is 0. The summed E-state index contributed by atoms with van der Waals surface area (Å²) in [5.74, 6) is 0.0782. The van der Waals surface area contributed by atoms with Crippen LogP contribution in [0.4, 0.5) is 5.69 Å². The Bertz CT molecular complexity index is 492. The van der Waals surface area contributed by atoms with Crippen molar-refractivity contribution < 1.29 is 4.79 Å². The Hall–Kier alpha value is -1.22. The molecule has 0 spiro atoms. The molecule has 110 valence electrons. The normalized spacial score (nSPS) is 18.2. The second-order valence-corrected chi connectivity index (χ2v) is 5.94. The van der Waals surface area contributed by atoms with Crippen LogP contribution < -0.4 is 10.6 Å². The molecule has 20 heavy (non-hydrogen) atoms. The molecule has 1 heterocycles. The Balaban J connectivity index is 0.00000147. The molecule has 1 aliphatic carbocycles. The summed E-state index contributed by atoms with van der Waals surface area (Å²) in [7, 11) is 0. The van der Waals surface area contributed by atoms with Gasteiger partial charge in [0.1, 0.15) is 0 Å². The van der Waals surface area contributed by atoms with E-state index in [2.05, 4.69) is 17.6 Å². The predicted molar refractivity (Wildman–Crippen MR) is 84.8 cm³/mol. The van der Waals surface area contributed by atoms with Gasteiger partial charge in [0, 0.05) is 24.3 Å². The standard InChI is InChI=1S/C16H22N2O.ClH/c1-2-16(7-3-8-16)11-18-15(19)13-4-5-14-12(10-13)6-9-17-14;/h4-5,10,17H,2-3,6-9,11H2,1H3,(H,18,19);1H. The van der Waals surface area contributed by atoms with Crippen LogP contribution in [0.2, 0.25) is 0 Å². The first-order valence-electron chi connectivity index (χ1n) is 7.37. The van der Waals surface area contributed by atoms with Gasteiger partial charge in [-0.25, -0.2) is 0 Å². The maximum atomic E-state index is 12.2. The van der Waals surface area contributed by atoms with Crippen molar-refractivity contribution in [1.82, 2.24) is 5.32 Å². The Labute approximate surface area is 126 Å². The summed E-state index contributed by atoms with van der Waals surface area (Å²) < 4.78 is 0. The maximum absolute atomic E-state index is 12.2. The molecule has 4 heteroatoms. The largest absolute Gasteiger partial charge is 0.384 e. The van der Waals surface area contributed by atoms with E-state index in [4.69, 9.17) is 0 Å². The van der Waals surface area contributed by atoms with E-state index in [0.717, 1.165) is 25.1 Å². The third-order valence-electron chi connectivity index (χ3n) is 4.87. The monoisotopic (exact) mass is 294 g/mol. The predicted octanol–water partition coefficient (Wildman–Crippen LogP) is 3.39. The van der Waals surface area contributed by atoms with Gasteiger partial charge in [-0.15, -0.1) is 12.4 Å². The van der Waals surface area contributed by atoms with Crippen molar-refractivity contribution in [2.75, 3.05) is 18.4 Å². The van der Waals surface area contributed by atoms with Crippen molar-refractivity contribution >= 4 is 24.0 Å². The molecule has 1 amide bonds. The minimum Gasteiger partial charge on any atom is -0.384 e. The first-order chi connectivity index (χ1) is 9.22. The Morgan fingerprint density at radius 3 is 2.85 bits per heavy atom. The van der Waals surface area contributed by atoms with Gasteiger partial charge < -0.3 is 10.6 Å². The number of nitrogens with one attached hydrogen (secondary N) is 2. The first kappa shape index (κ1) is 15.2. The van der Waals surface area contributed by atoms with Crippen LogP contribution in [0.3, 0.4) is 0 Å². The lowest BCUT2D eigenvalue weighted by Crippen LogP contribution is -2.41. The van der Waals surface area contributed by atoms with Gasteiger partial charge in [-0.2, -0.15) is 0 Å². The topological polar surface area (TPSA) is 41.1 Å². The third-order valence-corrected chi connectivity index (χ3v) is 4.87. The number of rotatable bonds is 4. The molecule has 3 rings (SSSR count). The van der Waals surface area contributed by atoms with Crippen LogP contribution >= 0.6 is 12.4 Å². The Morgan fingerprint density at radius 2 is 2.20 bits per heavy atom. The van der Waals surface area contributed by atoms with Crippen LogP contribution in [0, 0.1) is 5.41 Å². The number of carbonyl (C=O) groups excluding carboxylic acids is 1. The molecular weight excluding hydrogens is 272 g/mol. The van der Waals surface area contributed by atoms with Gasteiger partial charge in [-0.1, -0.05) is 13.3 Å². The van der Waals surface area contributed by atoms with E-state index in [1.54, 1.807) is 0 Å². The smallest absolute Gasteiger partial charge is 0.251 e. The number of anilines is 1. The highest BCUT2D eigenvalue weighted by atomic mass is 35.5. The number of halogens is 1. The fourth-order valence-electron chi connectivity index (χ4n) is 3.15. The number of carbonyl (C=O) groups is 1. The number of fused-ring (bicyclic) bond motifs is 1. The zero-order valence-corrected chi connectivity index (χ0v) is 12.8. The van der Waals surface area contributed by atoms with Gasteiger partial charge >= 0.3 is 0 Å². The molecule has 1 aliphatic heterocycles. The van der Waals surface area contributed by atoms with E-state index in [1.807, 2.05) is 18.2 Å². The summed E-state index contributed by atoms with van der Waals surface area (Å²) in [5, 5.41) is 6.44. The van der Waals surface area contributed by atoms with Crippen molar-refractivity contribution in [3.8, 4) is 0 Å². The van der Waals surface area contributed by atoms with Crippen LogP contribution in [-0.2, 0) is 6.42 Å². The fourth-order valence-corrected chi connectivity index (χ4v) is 3.15. The van der Waals surface area contributed by atoms with E-state index < -0.39 is 0 Å². The second kappa shape index (κ2) is 6.04. The van der Waals surface area contributed by atoms with E-state index >= 15 is 0 Å². The van der Waals surface area contributed by atoms with Crippen LogP contribution in [0.25, 0.3) is 0 Å². The molecule has 1 aromatic rings. The van der Waals surface area contributed by atoms with Crippen molar-refractivity contribution in [1.29, 1.82) is 0 Å². The van der Waals surface area contributed by atoms with Crippen LogP contribution in [0.5, 0.6) is 0 Å². The Morgan fingerprint density at radius 1 is 1.40 bits per heavy atom. The van der Waals surface area contributed by atoms with Gasteiger partial charge in [0.15, 0.2) is 0 Å². The van der Waals surface area contributed by atoms with Crippen molar-refractivity contribution in [2.24, 2.45) is 5.41 Å². The average Bonchev–Trinajstić information content (AvgIpc) is 2.84. The van der Waals surface area contributed by atoms with Gasteiger partial charge in [0.2, 0.25) is 0 Å². The Kier molecular flexibility index (Phi) is 4.59. The highest BCUT2D eigenvalue weighted by Gasteiger charge is 2.35. The average molecular weight is 295 g/mol. The number of benzene rings is 1. The molecule has 1 saturated carbocycles. The van der Waals surface area contributed by atoms with Gasteiger partial charge in [-0.05, 0) is 54.9 Å². The first-order valence-corrected chi connectivity index (χ1v) is 7.37. The highest BCUT2D eigenvalue weighted by Crippen LogP contribution is 2.43. The zero-order valence-electron chi connectivity index (χ0n) is 12.0. The minimum absolute atomic E-state index is 0. The minimum atomic E-state index is 0. The maximum Gasteiger partial charge on any atom is 0.251 e. The zero-order chi connectivity index (χ0) is 13.3.